The molecule has 6 heteroatoms. The van der Waals surface area contributed by atoms with Crippen molar-refractivity contribution in [3.63, 3.8) is 0 Å². The van der Waals surface area contributed by atoms with Crippen LogP contribution in [0.3, 0.4) is 0 Å². The first-order chi connectivity index (χ1) is 11.1. The predicted molar refractivity (Wildman–Crippen MR) is 86.5 cm³/mol. The molecule has 2 aliphatic rings. The van der Waals surface area contributed by atoms with Crippen LogP contribution in [0.5, 0.6) is 0 Å². The van der Waals surface area contributed by atoms with E-state index < -0.39 is 0 Å². The van der Waals surface area contributed by atoms with Gasteiger partial charge < -0.3 is 10.6 Å². The fourth-order valence-corrected chi connectivity index (χ4v) is 3.32. The van der Waals surface area contributed by atoms with E-state index in [0.29, 0.717) is 11.9 Å². The Hall–Kier alpha value is -2.47. The molecule has 1 unspecified atom stereocenters. The summed E-state index contributed by atoms with van der Waals surface area (Å²) in [6.45, 7) is 2.19. The molecule has 1 amide bonds. The van der Waals surface area contributed by atoms with Crippen molar-refractivity contribution >= 4 is 11.6 Å². The van der Waals surface area contributed by atoms with Crippen LogP contribution in [0.2, 0.25) is 0 Å². The third kappa shape index (κ3) is 2.45. The molecule has 1 saturated carbocycles. The van der Waals surface area contributed by atoms with E-state index in [2.05, 4.69) is 22.5 Å². The van der Waals surface area contributed by atoms with Crippen LogP contribution >= 0.6 is 0 Å². The summed E-state index contributed by atoms with van der Waals surface area (Å²) in [5.41, 5.74) is 0.247. The molecule has 0 radical (unpaired) electrons. The van der Waals surface area contributed by atoms with Crippen LogP contribution < -0.4 is 16.2 Å². The normalized spacial score (nSPS) is 28.2. The molecule has 23 heavy (non-hydrogen) atoms. The van der Waals surface area contributed by atoms with Crippen molar-refractivity contribution in [3.8, 4) is 5.82 Å². The first-order valence-electron chi connectivity index (χ1n) is 7.77. The highest BCUT2D eigenvalue weighted by molar-refractivity contribution is 5.95. The number of carbonyl (C=O) groups excluding carboxylic acids is 1. The van der Waals surface area contributed by atoms with Crippen molar-refractivity contribution < 1.29 is 4.79 Å². The van der Waals surface area contributed by atoms with E-state index >= 15 is 0 Å². The zero-order chi connectivity index (χ0) is 16.0. The summed E-state index contributed by atoms with van der Waals surface area (Å²) in [6.07, 6.45) is 5.23. The number of piperidine rings is 1. The van der Waals surface area contributed by atoms with Crippen LogP contribution in [0.15, 0.2) is 47.5 Å². The van der Waals surface area contributed by atoms with E-state index in [4.69, 9.17) is 0 Å². The molecule has 1 aliphatic heterocycles. The number of nitrogens with zero attached hydrogens (tertiary/aromatic N) is 2. The highest BCUT2D eigenvalue weighted by Crippen LogP contribution is 2.53. The number of amides is 1. The molecule has 0 spiro atoms. The number of hydrogen-bond donors (Lipinski definition) is 2. The number of fused-ring (bicyclic) bond motifs is 1. The maximum Gasteiger partial charge on any atom is 0.280 e. The summed E-state index contributed by atoms with van der Waals surface area (Å²) in [5.74, 6) is 0.385. The number of nitrogens with one attached hydrogen (secondary N) is 2. The largest absolute Gasteiger partial charge is 0.320 e. The summed E-state index contributed by atoms with van der Waals surface area (Å²) in [5, 5.41) is 6.08. The number of aromatic nitrogens is 2. The van der Waals surface area contributed by atoms with Gasteiger partial charge in [0.25, 0.3) is 5.56 Å². The zero-order valence-corrected chi connectivity index (χ0v) is 12.8. The van der Waals surface area contributed by atoms with Crippen molar-refractivity contribution in [2.24, 2.45) is 5.41 Å². The third-order valence-electron chi connectivity index (χ3n) is 4.84. The summed E-state index contributed by atoms with van der Waals surface area (Å²) in [7, 11) is 0. The maximum atomic E-state index is 12.5. The molecule has 2 N–H and O–H groups in total. The SMILES string of the molecule is C[C@]12CC1N[C@H](C(=O)Nc1cccn(-c3ccccn3)c1=O)C2. The standard InChI is InChI=1S/C17H18N4O2/c1-17-9-12(19-13(17)10-17)15(22)20-11-5-4-8-21(16(11)23)14-6-2-3-7-18-14/h2-8,12-13,19H,9-10H2,1H3,(H,20,22)/t12-,13?,17-/m0/s1. The van der Waals surface area contributed by atoms with Gasteiger partial charge in [-0.05, 0) is 42.5 Å². The van der Waals surface area contributed by atoms with E-state index in [-0.39, 0.29) is 28.6 Å². The van der Waals surface area contributed by atoms with Crippen LogP contribution in [-0.2, 0) is 4.79 Å². The monoisotopic (exact) mass is 310 g/mol. The molecular formula is C17H18N4O2. The lowest BCUT2D eigenvalue weighted by Gasteiger charge is -2.14. The van der Waals surface area contributed by atoms with Crippen LogP contribution in [0.1, 0.15) is 19.8 Å². The van der Waals surface area contributed by atoms with Crippen LogP contribution in [0, 0.1) is 5.41 Å². The lowest BCUT2D eigenvalue weighted by Crippen LogP contribution is -2.39. The maximum absolute atomic E-state index is 12.5. The number of hydrogen-bond acceptors (Lipinski definition) is 4. The van der Waals surface area contributed by atoms with Gasteiger partial charge >= 0.3 is 0 Å². The summed E-state index contributed by atoms with van der Waals surface area (Å²) >= 11 is 0. The van der Waals surface area contributed by atoms with E-state index in [1.54, 1.807) is 36.7 Å². The topological polar surface area (TPSA) is 76.0 Å². The number of rotatable bonds is 3. The van der Waals surface area contributed by atoms with E-state index in [9.17, 15) is 9.59 Å². The van der Waals surface area contributed by atoms with Gasteiger partial charge in [0, 0.05) is 18.4 Å². The van der Waals surface area contributed by atoms with Gasteiger partial charge in [0.2, 0.25) is 5.91 Å². The predicted octanol–water partition coefficient (Wildman–Crippen LogP) is 1.31. The van der Waals surface area contributed by atoms with Gasteiger partial charge in [0.15, 0.2) is 0 Å². The fourth-order valence-electron chi connectivity index (χ4n) is 3.32. The summed E-state index contributed by atoms with van der Waals surface area (Å²) < 4.78 is 1.43. The first-order valence-corrected chi connectivity index (χ1v) is 7.77. The molecule has 2 aromatic heterocycles. The van der Waals surface area contributed by atoms with Gasteiger partial charge in [-0.1, -0.05) is 13.0 Å². The van der Waals surface area contributed by atoms with Crippen molar-refractivity contribution in [3.05, 3.63) is 53.1 Å². The van der Waals surface area contributed by atoms with E-state index in [0.717, 1.165) is 12.8 Å². The van der Waals surface area contributed by atoms with Gasteiger partial charge in [-0.3, -0.25) is 14.2 Å². The number of anilines is 1. The van der Waals surface area contributed by atoms with Crippen molar-refractivity contribution in [2.45, 2.75) is 31.8 Å². The van der Waals surface area contributed by atoms with Gasteiger partial charge in [-0.25, -0.2) is 4.98 Å². The molecule has 1 aliphatic carbocycles. The Balaban J connectivity index is 1.56. The molecule has 3 heterocycles. The molecule has 1 saturated heterocycles. The average molecular weight is 310 g/mol. The average Bonchev–Trinajstić information content (AvgIpc) is 3.07. The third-order valence-corrected chi connectivity index (χ3v) is 4.84. The van der Waals surface area contributed by atoms with Crippen LogP contribution in [0.25, 0.3) is 5.82 Å². The van der Waals surface area contributed by atoms with Crippen molar-refractivity contribution in [2.75, 3.05) is 5.32 Å². The Morgan fingerprint density at radius 3 is 2.91 bits per heavy atom. The second-order valence-corrected chi connectivity index (χ2v) is 6.61. The van der Waals surface area contributed by atoms with Crippen molar-refractivity contribution in [1.29, 1.82) is 0 Å². The van der Waals surface area contributed by atoms with Gasteiger partial charge in [-0.2, -0.15) is 0 Å². The van der Waals surface area contributed by atoms with Gasteiger partial charge in [0.05, 0.1) is 6.04 Å². The zero-order valence-electron chi connectivity index (χ0n) is 12.8. The second-order valence-electron chi connectivity index (χ2n) is 6.61. The fraction of sp³-hybridized carbons (Fsp3) is 0.353. The minimum Gasteiger partial charge on any atom is -0.320 e. The summed E-state index contributed by atoms with van der Waals surface area (Å²) in [6, 6.07) is 8.93. The quantitative estimate of drug-likeness (QED) is 0.896. The molecule has 3 atom stereocenters. The molecule has 0 bridgehead atoms. The van der Waals surface area contributed by atoms with E-state index in [1.165, 1.54) is 4.57 Å². The van der Waals surface area contributed by atoms with Gasteiger partial charge in [-0.15, -0.1) is 0 Å². The smallest absolute Gasteiger partial charge is 0.280 e. The number of pyridine rings is 2. The Morgan fingerprint density at radius 1 is 1.35 bits per heavy atom. The Labute approximate surface area is 133 Å². The Morgan fingerprint density at radius 2 is 2.22 bits per heavy atom. The molecule has 2 fully saturated rings. The first kappa shape index (κ1) is 14.1. The van der Waals surface area contributed by atoms with E-state index in [1.807, 2.05) is 6.07 Å². The van der Waals surface area contributed by atoms with Gasteiger partial charge in [0.1, 0.15) is 11.5 Å². The Bertz CT molecular complexity index is 817. The van der Waals surface area contributed by atoms with Crippen LogP contribution in [0.4, 0.5) is 5.69 Å². The Kier molecular flexibility index (Phi) is 3.09. The number of carbonyl (C=O) groups is 1. The van der Waals surface area contributed by atoms with Crippen molar-refractivity contribution in [1.82, 2.24) is 14.9 Å². The lowest BCUT2D eigenvalue weighted by molar-refractivity contribution is -0.118. The summed E-state index contributed by atoms with van der Waals surface area (Å²) in [4.78, 5) is 29.1. The molecule has 2 aromatic rings. The minimum atomic E-state index is -0.283. The molecule has 4 rings (SSSR count). The van der Waals surface area contributed by atoms with Crippen LogP contribution in [-0.4, -0.2) is 27.5 Å². The lowest BCUT2D eigenvalue weighted by atomic mass is 10.0. The second kappa shape index (κ2) is 5.03. The highest BCUT2D eigenvalue weighted by atomic mass is 16.2. The molecular weight excluding hydrogens is 292 g/mol. The minimum absolute atomic E-state index is 0.144. The molecule has 6 nitrogen and oxygen atoms in total. The molecule has 0 aromatic carbocycles. The molecule has 118 valence electrons. The highest BCUT2D eigenvalue weighted by Gasteiger charge is 2.58.